The number of nitrogens with one attached hydrogen (secondary N) is 1. The van der Waals surface area contributed by atoms with Crippen LogP contribution in [0.15, 0.2) is 58.5 Å². The van der Waals surface area contributed by atoms with E-state index in [1.165, 1.54) is 6.20 Å². The summed E-state index contributed by atoms with van der Waals surface area (Å²) in [6, 6.07) is 8.65. The van der Waals surface area contributed by atoms with E-state index in [-0.39, 0.29) is 10.2 Å². The molecule has 0 amide bonds. The molecule has 0 aromatic carbocycles. The molecule has 5 aromatic heterocycles. The van der Waals surface area contributed by atoms with E-state index in [0.29, 0.717) is 34.6 Å². The summed E-state index contributed by atoms with van der Waals surface area (Å²) < 4.78 is 48.0. The van der Waals surface area contributed by atoms with Gasteiger partial charge in [0.1, 0.15) is 10.6 Å². The van der Waals surface area contributed by atoms with E-state index in [1.807, 2.05) is 11.1 Å². The SMILES string of the molecule is Cc1c(-c2ccc(Oc3ccn4nccc4c3)nc2)sc2c1c(=O)[nH]c(=O)n2C[C@](C)(O)C(F)(F)F. The highest BCUT2D eigenvalue weighted by molar-refractivity contribution is 7.22. The van der Waals surface area contributed by atoms with Gasteiger partial charge in [-0.1, -0.05) is 0 Å². The third-order valence-electron chi connectivity index (χ3n) is 5.73. The summed E-state index contributed by atoms with van der Waals surface area (Å²) in [4.78, 5) is 31.8. The fourth-order valence-corrected chi connectivity index (χ4v) is 5.04. The lowest BCUT2D eigenvalue weighted by atomic mass is 10.1. The van der Waals surface area contributed by atoms with Crippen molar-refractivity contribution in [1.82, 2.24) is 24.1 Å². The zero-order valence-electron chi connectivity index (χ0n) is 18.8. The summed E-state index contributed by atoms with van der Waals surface area (Å²) >= 11 is 0.969. The fourth-order valence-electron chi connectivity index (χ4n) is 3.75. The number of hydrogen-bond donors (Lipinski definition) is 2. The average Bonchev–Trinajstić information content (AvgIpc) is 3.40. The van der Waals surface area contributed by atoms with E-state index in [1.54, 1.807) is 48.1 Å². The normalized spacial score (nSPS) is 13.8. The van der Waals surface area contributed by atoms with Crippen LogP contribution in [0.1, 0.15) is 12.5 Å². The second-order valence-corrected chi connectivity index (χ2v) is 9.40. The van der Waals surface area contributed by atoms with Gasteiger partial charge >= 0.3 is 11.9 Å². The Bertz CT molecular complexity index is 1710. The molecule has 0 unspecified atom stereocenters. The highest BCUT2D eigenvalue weighted by Crippen LogP contribution is 2.38. The summed E-state index contributed by atoms with van der Waals surface area (Å²) in [6.45, 7) is 1.13. The first-order valence-corrected chi connectivity index (χ1v) is 11.4. The van der Waals surface area contributed by atoms with Crippen LogP contribution in [-0.2, 0) is 6.54 Å². The number of aromatic amines is 1. The van der Waals surface area contributed by atoms with Crippen LogP contribution in [0.25, 0.3) is 26.2 Å². The van der Waals surface area contributed by atoms with Gasteiger partial charge in [0.2, 0.25) is 5.88 Å². The first-order valence-electron chi connectivity index (χ1n) is 10.6. The van der Waals surface area contributed by atoms with Crippen LogP contribution in [0.3, 0.4) is 0 Å². The summed E-state index contributed by atoms with van der Waals surface area (Å²) in [5, 5.41) is 14.1. The molecular formula is C23H18F3N5O4S. The quantitative estimate of drug-likeness (QED) is 0.366. The Kier molecular flexibility index (Phi) is 5.48. The molecule has 1 atom stereocenters. The number of thiophene rings is 1. The van der Waals surface area contributed by atoms with E-state index in [2.05, 4.69) is 10.1 Å². The van der Waals surface area contributed by atoms with Gasteiger partial charge in [-0.15, -0.1) is 11.3 Å². The smallest absolute Gasteiger partial charge is 0.418 e. The maximum absolute atomic E-state index is 13.3. The maximum atomic E-state index is 13.3. The van der Waals surface area contributed by atoms with Crippen molar-refractivity contribution < 1.29 is 23.0 Å². The number of halogens is 3. The number of aryl methyl sites for hydroxylation is 1. The molecule has 2 N–H and O–H groups in total. The number of aliphatic hydroxyl groups is 1. The first-order chi connectivity index (χ1) is 16.9. The van der Waals surface area contributed by atoms with E-state index in [9.17, 15) is 27.9 Å². The molecule has 9 nitrogen and oxygen atoms in total. The number of pyridine rings is 2. The molecule has 0 spiro atoms. The number of hydrogen-bond acceptors (Lipinski definition) is 7. The Hall–Kier alpha value is -3.97. The zero-order chi connectivity index (χ0) is 25.8. The van der Waals surface area contributed by atoms with Crippen molar-refractivity contribution in [2.45, 2.75) is 32.2 Å². The van der Waals surface area contributed by atoms with Gasteiger partial charge in [0.05, 0.1) is 17.4 Å². The highest BCUT2D eigenvalue weighted by Gasteiger charge is 2.50. The maximum Gasteiger partial charge on any atom is 0.418 e. The van der Waals surface area contributed by atoms with Crippen molar-refractivity contribution in [1.29, 1.82) is 0 Å². The van der Waals surface area contributed by atoms with Crippen molar-refractivity contribution in [2.75, 3.05) is 0 Å². The molecule has 0 bridgehead atoms. The lowest BCUT2D eigenvalue weighted by Crippen LogP contribution is -2.48. The van der Waals surface area contributed by atoms with Crippen molar-refractivity contribution >= 4 is 27.1 Å². The second kappa shape index (κ2) is 8.31. The zero-order valence-corrected chi connectivity index (χ0v) is 19.6. The Morgan fingerprint density at radius 1 is 1.19 bits per heavy atom. The molecule has 0 fully saturated rings. The van der Waals surface area contributed by atoms with Gasteiger partial charge in [0.25, 0.3) is 5.56 Å². The lowest BCUT2D eigenvalue weighted by molar-refractivity contribution is -0.257. The van der Waals surface area contributed by atoms with Gasteiger partial charge < -0.3 is 9.84 Å². The minimum Gasteiger partial charge on any atom is -0.439 e. The fraction of sp³-hybridized carbons (Fsp3) is 0.217. The first kappa shape index (κ1) is 23.8. The highest BCUT2D eigenvalue weighted by atomic mass is 32.1. The Morgan fingerprint density at radius 2 is 1.97 bits per heavy atom. The van der Waals surface area contributed by atoms with Gasteiger partial charge in [-0.3, -0.25) is 14.3 Å². The largest absolute Gasteiger partial charge is 0.439 e. The van der Waals surface area contributed by atoms with Gasteiger partial charge in [-0.25, -0.2) is 14.3 Å². The van der Waals surface area contributed by atoms with Crippen LogP contribution in [0.2, 0.25) is 0 Å². The molecule has 13 heteroatoms. The molecule has 0 aliphatic heterocycles. The third kappa shape index (κ3) is 4.05. The van der Waals surface area contributed by atoms with Crippen molar-refractivity contribution in [2.24, 2.45) is 0 Å². The van der Waals surface area contributed by atoms with Crippen LogP contribution in [-0.4, -0.2) is 41.0 Å². The Labute approximate surface area is 204 Å². The molecule has 186 valence electrons. The van der Waals surface area contributed by atoms with Crippen molar-refractivity contribution in [3.8, 4) is 22.1 Å². The molecule has 5 aromatic rings. The molecular weight excluding hydrogens is 499 g/mol. The van der Waals surface area contributed by atoms with Gasteiger partial charge in [0.15, 0.2) is 5.60 Å². The van der Waals surface area contributed by atoms with Gasteiger partial charge in [-0.05, 0) is 37.6 Å². The molecule has 5 heterocycles. The number of rotatable bonds is 5. The van der Waals surface area contributed by atoms with E-state index in [0.717, 1.165) is 21.4 Å². The summed E-state index contributed by atoms with van der Waals surface area (Å²) in [6.07, 6.45) is -0.0691. The molecule has 0 saturated heterocycles. The molecule has 36 heavy (non-hydrogen) atoms. The number of nitrogens with zero attached hydrogens (tertiary/aromatic N) is 4. The second-order valence-electron chi connectivity index (χ2n) is 8.40. The molecule has 0 radical (unpaired) electrons. The molecule has 5 rings (SSSR count). The van der Waals surface area contributed by atoms with E-state index < -0.39 is 29.6 Å². The number of fused-ring (bicyclic) bond motifs is 2. The van der Waals surface area contributed by atoms with Gasteiger partial charge in [-0.2, -0.15) is 18.3 Å². The van der Waals surface area contributed by atoms with Crippen molar-refractivity contribution in [3.05, 3.63) is 75.3 Å². The Balaban J connectivity index is 1.51. The van der Waals surface area contributed by atoms with Crippen LogP contribution >= 0.6 is 11.3 Å². The van der Waals surface area contributed by atoms with Crippen LogP contribution < -0.4 is 16.0 Å². The average molecular weight is 517 g/mol. The predicted molar refractivity (Wildman–Crippen MR) is 127 cm³/mol. The van der Waals surface area contributed by atoms with Crippen LogP contribution in [0.4, 0.5) is 13.2 Å². The van der Waals surface area contributed by atoms with Crippen LogP contribution in [0.5, 0.6) is 11.6 Å². The topological polar surface area (TPSA) is 115 Å². The standard InChI is InChI=1S/C23H18F3N5O4S/c1-12-17-19(32)29-21(33)30(11-22(2,34)23(24,25)26)20(17)36-18(12)13-3-4-16(27-10-13)35-15-6-8-31-14(9-15)5-7-28-31/h3-10,34H,11H2,1-2H3,(H,29,32,33)/t22-/m0/s1. The van der Waals surface area contributed by atoms with Crippen LogP contribution in [0, 0.1) is 6.92 Å². The summed E-state index contributed by atoms with van der Waals surface area (Å²) in [5.74, 6) is 0.853. The Morgan fingerprint density at radius 3 is 2.67 bits per heavy atom. The van der Waals surface area contributed by atoms with Gasteiger partial charge in [0, 0.05) is 41.2 Å². The predicted octanol–water partition coefficient (Wildman–Crippen LogP) is 3.88. The number of aromatic nitrogens is 5. The number of H-pyrrole nitrogens is 1. The van der Waals surface area contributed by atoms with E-state index >= 15 is 0 Å². The molecule has 0 aliphatic rings. The number of ether oxygens (including phenoxy) is 1. The minimum atomic E-state index is -4.98. The molecule has 0 saturated carbocycles. The molecule has 0 aliphatic carbocycles. The van der Waals surface area contributed by atoms with E-state index in [4.69, 9.17) is 4.74 Å². The number of alkyl halides is 3. The van der Waals surface area contributed by atoms with Crippen molar-refractivity contribution in [3.63, 3.8) is 0 Å². The minimum absolute atomic E-state index is 0.0233. The third-order valence-corrected chi connectivity index (χ3v) is 7.10. The lowest BCUT2D eigenvalue weighted by Gasteiger charge is -2.26. The summed E-state index contributed by atoms with van der Waals surface area (Å²) in [5.41, 5.74) is -3.05. The summed E-state index contributed by atoms with van der Waals surface area (Å²) in [7, 11) is 0. The monoisotopic (exact) mass is 517 g/mol.